The van der Waals surface area contributed by atoms with E-state index in [0.29, 0.717) is 10.7 Å². The Bertz CT molecular complexity index is 745. The van der Waals surface area contributed by atoms with Crippen LogP contribution in [-0.2, 0) is 4.79 Å². The number of benzene rings is 2. The van der Waals surface area contributed by atoms with Crippen LogP contribution in [0.2, 0.25) is 10.0 Å². The predicted molar refractivity (Wildman–Crippen MR) is 88.6 cm³/mol. The van der Waals surface area contributed by atoms with Crippen molar-refractivity contribution in [3.05, 3.63) is 63.4 Å². The molecule has 0 aliphatic carbocycles. The first kappa shape index (κ1) is 17.2. The van der Waals surface area contributed by atoms with Gasteiger partial charge in [-0.05, 0) is 36.8 Å². The first-order chi connectivity index (χ1) is 10.9. The second kappa shape index (κ2) is 7.44. The molecule has 0 aromatic heterocycles. The fourth-order valence-electron chi connectivity index (χ4n) is 1.89. The molecule has 0 heterocycles. The lowest BCUT2D eigenvalue weighted by molar-refractivity contribution is -0.115. The summed E-state index contributed by atoms with van der Waals surface area (Å²) in [6.07, 6.45) is 0. The van der Waals surface area contributed by atoms with E-state index in [4.69, 9.17) is 23.2 Å². The summed E-state index contributed by atoms with van der Waals surface area (Å²) in [4.78, 5) is 23.8. The molecule has 0 radical (unpaired) electrons. The van der Waals surface area contributed by atoms with Gasteiger partial charge in [-0.3, -0.25) is 9.59 Å². The zero-order chi connectivity index (χ0) is 17.0. The van der Waals surface area contributed by atoms with Gasteiger partial charge in [-0.1, -0.05) is 35.3 Å². The van der Waals surface area contributed by atoms with Crippen LogP contribution in [0.25, 0.3) is 0 Å². The molecule has 2 amide bonds. The van der Waals surface area contributed by atoms with Gasteiger partial charge in [-0.2, -0.15) is 0 Å². The topological polar surface area (TPSA) is 58.2 Å². The van der Waals surface area contributed by atoms with Crippen molar-refractivity contribution in [1.82, 2.24) is 5.32 Å². The third-order valence-electron chi connectivity index (χ3n) is 3.07. The lowest BCUT2D eigenvalue weighted by atomic mass is 10.2. The molecule has 0 fully saturated rings. The number of carbonyl (C=O) groups excluding carboxylic acids is 2. The molecule has 23 heavy (non-hydrogen) atoms. The lowest BCUT2D eigenvalue weighted by Crippen LogP contribution is -2.33. The molecule has 0 saturated heterocycles. The summed E-state index contributed by atoms with van der Waals surface area (Å²) in [5.41, 5.74) is 1.08. The normalized spacial score (nSPS) is 10.3. The maximum absolute atomic E-state index is 13.6. The summed E-state index contributed by atoms with van der Waals surface area (Å²) in [6.45, 7) is 1.49. The van der Waals surface area contributed by atoms with Gasteiger partial charge in [0, 0.05) is 10.7 Å². The fraction of sp³-hybridized carbons (Fsp3) is 0.125. The SMILES string of the molecule is Cc1ccc(Cl)cc1NC(=O)CNC(=O)c1c(F)cccc1Cl. The second-order valence-electron chi connectivity index (χ2n) is 4.79. The van der Waals surface area contributed by atoms with Gasteiger partial charge in [0.25, 0.3) is 5.91 Å². The van der Waals surface area contributed by atoms with Gasteiger partial charge >= 0.3 is 0 Å². The summed E-state index contributed by atoms with van der Waals surface area (Å²) >= 11 is 11.7. The van der Waals surface area contributed by atoms with Gasteiger partial charge in [-0.15, -0.1) is 0 Å². The quantitative estimate of drug-likeness (QED) is 0.876. The van der Waals surface area contributed by atoms with E-state index in [9.17, 15) is 14.0 Å². The van der Waals surface area contributed by atoms with Crippen molar-refractivity contribution in [2.45, 2.75) is 6.92 Å². The van der Waals surface area contributed by atoms with Crippen molar-refractivity contribution in [1.29, 1.82) is 0 Å². The summed E-state index contributed by atoms with van der Waals surface area (Å²) in [7, 11) is 0. The lowest BCUT2D eigenvalue weighted by Gasteiger charge is -2.10. The minimum Gasteiger partial charge on any atom is -0.343 e. The standard InChI is InChI=1S/C16H13Cl2FN2O2/c1-9-5-6-10(17)7-13(9)21-14(22)8-20-16(23)15-11(18)3-2-4-12(15)19/h2-7H,8H2,1H3,(H,20,23)(H,21,22). The van der Waals surface area contributed by atoms with Crippen molar-refractivity contribution in [2.75, 3.05) is 11.9 Å². The van der Waals surface area contributed by atoms with Crippen molar-refractivity contribution in [2.24, 2.45) is 0 Å². The highest BCUT2D eigenvalue weighted by Crippen LogP contribution is 2.20. The number of hydrogen-bond acceptors (Lipinski definition) is 2. The third-order valence-corrected chi connectivity index (χ3v) is 3.62. The zero-order valence-corrected chi connectivity index (χ0v) is 13.6. The van der Waals surface area contributed by atoms with Crippen LogP contribution in [0.5, 0.6) is 0 Å². The summed E-state index contributed by atoms with van der Waals surface area (Å²) < 4.78 is 13.6. The average Bonchev–Trinajstić information content (AvgIpc) is 2.49. The van der Waals surface area contributed by atoms with Gasteiger partial charge in [0.05, 0.1) is 17.1 Å². The minimum atomic E-state index is -0.758. The fourth-order valence-corrected chi connectivity index (χ4v) is 2.31. The van der Waals surface area contributed by atoms with Gasteiger partial charge in [0.15, 0.2) is 0 Å². The molecule has 0 aliphatic rings. The smallest absolute Gasteiger partial charge is 0.256 e. The summed E-state index contributed by atoms with van der Waals surface area (Å²) in [5.74, 6) is -1.97. The van der Waals surface area contributed by atoms with Crippen molar-refractivity contribution in [3.8, 4) is 0 Å². The molecule has 4 nitrogen and oxygen atoms in total. The molecule has 2 aromatic carbocycles. The van der Waals surface area contributed by atoms with E-state index in [1.165, 1.54) is 12.1 Å². The van der Waals surface area contributed by atoms with Crippen LogP contribution in [0.4, 0.5) is 10.1 Å². The molecule has 0 saturated carbocycles. The Morgan fingerprint density at radius 2 is 1.91 bits per heavy atom. The van der Waals surface area contributed by atoms with Crippen LogP contribution < -0.4 is 10.6 Å². The molecule has 120 valence electrons. The summed E-state index contributed by atoms with van der Waals surface area (Å²) in [5, 5.41) is 5.41. The molecule has 0 spiro atoms. The monoisotopic (exact) mass is 354 g/mol. The van der Waals surface area contributed by atoms with E-state index in [-0.39, 0.29) is 17.1 Å². The summed E-state index contributed by atoms with van der Waals surface area (Å²) in [6, 6.07) is 8.97. The van der Waals surface area contributed by atoms with E-state index in [1.54, 1.807) is 18.2 Å². The molecule has 0 unspecified atom stereocenters. The van der Waals surface area contributed by atoms with Crippen LogP contribution in [0.3, 0.4) is 0 Å². The maximum Gasteiger partial charge on any atom is 0.256 e. The van der Waals surface area contributed by atoms with Crippen LogP contribution >= 0.6 is 23.2 Å². The number of aryl methyl sites for hydroxylation is 1. The van der Waals surface area contributed by atoms with E-state index < -0.39 is 17.6 Å². The molecule has 2 aromatic rings. The van der Waals surface area contributed by atoms with E-state index >= 15 is 0 Å². The highest BCUT2D eigenvalue weighted by atomic mass is 35.5. The molecular weight excluding hydrogens is 342 g/mol. The predicted octanol–water partition coefficient (Wildman–Crippen LogP) is 3.81. The van der Waals surface area contributed by atoms with Gasteiger partial charge in [0.2, 0.25) is 5.91 Å². The largest absolute Gasteiger partial charge is 0.343 e. The number of rotatable bonds is 4. The van der Waals surface area contributed by atoms with Crippen molar-refractivity contribution < 1.29 is 14.0 Å². The Morgan fingerprint density at radius 1 is 1.17 bits per heavy atom. The second-order valence-corrected chi connectivity index (χ2v) is 5.63. The Morgan fingerprint density at radius 3 is 2.61 bits per heavy atom. The first-order valence-electron chi connectivity index (χ1n) is 6.66. The molecular formula is C16H13Cl2FN2O2. The number of carbonyl (C=O) groups is 2. The third kappa shape index (κ3) is 4.43. The van der Waals surface area contributed by atoms with Gasteiger partial charge in [0.1, 0.15) is 5.82 Å². The highest BCUT2D eigenvalue weighted by Gasteiger charge is 2.16. The number of anilines is 1. The van der Waals surface area contributed by atoms with E-state index in [2.05, 4.69) is 10.6 Å². The number of amides is 2. The number of halogens is 3. The van der Waals surface area contributed by atoms with Crippen LogP contribution in [0.1, 0.15) is 15.9 Å². The maximum atomic E-state index is 13.6. The Balaban J connectivity index is 1.99. The zero-order valence-electron chi connectivity index (χ0n) is 12.1. The van der Waals surface area contributed by atoms with Gasteiger partial charge < -0.3 is 10.6 Å². The molecule has 0 aliphatic heterocycles. The Hall–Kier alpha value is -2.11. The number of nitrogens with one attached hydrogen (secondary N) is 2. The van der Waals surface area contributed by atoms with Crippen LogP contribution in [0, 0.1) is 12.7 Å². The van der Waals surface area contributed by atoms with E-state index in [0.717, 1.165) is 11.6 Å². The van der Waals surface area contributed by atoms with E-state index in [1.807, 2.05) is 6.92 Å². The Kier molecular flexibility index (Phi) is 5.58. The van der Waals surface area contributed by atoms with Crippen LogP contribution in [0.15, 0.2) is 36.4 Å². The molecule has 0 atom stereocenters. The highest BCUT2D eigenvalue weighted by molar-refractivity contribution is 6.34. The first-order valence-corrected chi connectivity index (χ1v) is 7.42. The number of hydrogen-bond donors (Lipinski definition) is 2. The Labute approximate surface area is 142 Å². The minimum absolute atomic E-state index is 0.0198. The molecule has 7 heteroatoms. The average molecular weight is 355 g/mol. The van der Waals surface area contributed by atoms with Crippen molar-refractivity contribution >= 4 is 40.7 Å². The van der Waals surface area contributed by atoms with Crippen molar-refractivity contribution in [3.63, 3.8) is 0 Å². The molecule has 2 rings (SSSR count). The molecule has 0 bridgehead atoms. The van der Waals surface area contributed by atoms with Crippen LogP contribution in [-0.4, -0.2) is 18.4 Å². The molecule has 2 N–H and O–H groups in total. The van der Waals surface area contributed by atoms with Gasteiger partial charge in [-0.25, -0.2) is 4.39 Å².